The van der Waals surface area contributed by atoms with Crippen LogP contribution in [0.3, 0.4) is 0 Å². The summed E-state index contributed by atoms with van der Waals surface area (Å²) in [7, 11) is -4.60. The number of rotatable bonds is 6. The van der Waals surface area contributed by atoms with Crippen LogP contribution in [0, 0.1) is 0 Å². The fraction of sp³-hybridized carbons (Fsp3) is 0.192. The lowest BCUT2D eigenvalue weighted by atomic mass is 9.94. The molecular formula is C26H23F3N2O4S. The van der Waals surface area contributed by atoms with Crippen LogP contribution in [0.15, 0.2) is 93.8 Å². The van der Waals surface area contributed by atoms with Gasteiger partial charge in [-0.15, -0.1) is 0 Å². The fourth-order valence-electron chi connectivity index (χ4n) is 4.24. The van der Waals surface area contributed by atoms with Crippen LogP contribution in [-0.2, 0) is 27.2 Å². The zero-order chi connectivity index (χ0) is 26.1. The predicted octanol–water partition coefficient (Wildman–Crippen LogP) is 5.36. The summed E-state index contributed by atoms with van der Waals surface area (Å²) in [4.78, 5) is -1.07. The molecule has 3 aromatic carbocycles. The SMILES string of the molecule is CC1(Cc2ccccc2)CC(S(=O)(=O)c2ccccc2C(F)(F)F)=C(c2ccc(C(N)=NO)cc2)O1. The van der Waals surface area contributed by atoms with Gasteiger partial charge >= 0.3 is 6.18 Å². The van der Waals surface area contributed by atoms with Crippen LogP contribution < -0.4 is 5.73 Å². The summed E-state index contributed by atoms with van der Waals surface area (Å²) in [5, 5.41) is 11.8. The molecule has 36 heavy (non-hydrogen) atoms. The molecule has 0 aromatic heterocycles. The Bertz CT molecular complexity index is 1430. The Kier molecular flexibility index (Phi) is 6.57. The van der Waals surface area contributed by atoms with Gasteiger partial charge in [-0.25, -0.2) is 8.42 Å². The molecule has 3 N–H and O–H groups in total. The number of hydrogen-bond acceptors (Lipinski definition) is 5. The van der Waals surface area contributed by atoms with E-state index in [1.807, 2.05) is 30.3 Å². The molecule has 0 spiro atoms. The van der Waals surface area contributed by atoms with E-state index in [1.165, 1.54) is 30.3 Å². The van der Waals surface area contributed by atoms with E-state index in [1.54, 1.807) is 6.92 Å². The standard InChI is InChI=1S/C26H23F3N2O4S/c1-25(15-17-7-3-2-4-8-17)16-22(23(35-25)18-11-13-19(14-12-18)24(30)31-32)36(33,34)21-10-6-5-9-20(21)26(27,28)29/h2-14,32H,15-16H2,1H3,(H2,30,31). The molecule has 0 aliphatic carbocycles. The summed E-state index contributed by atoms with van der Waals surface area (Å²) in [6.07, 6.45) is -4.66. The van der Waals surface area contributed by atoms with Gasteiger partial charge in [0.05, 0.1) is 15.4 Å². The lowest BCUT2D eigenvalue weighted by Gasteiger charge is -2.25. The molecule has 0 saturated heterocycles. The Labute approximate surface area is 206 Å². The minimum Gasteiger partial charge on any atom is -0.485 e. The van der Waals surface area contributed by atoms with Gasteiger partial charge in [0.2, 0.25) is 9.84 Å². The number of amidine groups is 1. The van der Waals surface area contributed by atoms with Gasteiger partial charge in [-0.2, -0.15) is 13.2 Å². The van der Waals surface area contributed by atoms with E-state index in [0.29, 0.717) is 17.5 Å². The first-order valence-corrected chi connectivity index (χ1v) is 12.4. The number of oxime groups is 1. The lowest BCUT2D eigenvalue weighted by Crippen LogP contribution is -2.27. The topological polar surface area (TPSA) is 102 Å². The molecule has 0 amide bonds. The number of sulfone groups is 1. The summed E-state index contributed by atoms with van der Waals surface area (Å²) < 4.78 is 74.9. The molecule has 188 valence electrons. The summed E-state index contributed by atoms with van der Waals surface area (Å²) in [5.74, 6) is -0.180. The number of alkyl halides is 3. The summed E-state index contributed by atoms with van der Waals surface area (Å²) in [6, 6.07) is 19.4. The van der Waals surface area contributed by atoms with Crippen molar-refractivity contribution >= 4 is 21.4 Å². The van der Waals surface area contributed by atoms with Crippen molar-refractivity contribution in [1.29, 1.82) is 0 Å². The second-order valence-corrected chi connectivity index (χ2v) is 10.6. The van der Waals surface area contributed by atoms with Crippen LogP contribution in [0.25, 0.3) is 5.76 Å². The first kappa shape index (κ1) is 25.3. The van der Waals surface area contributed by atoms with E-state index >= 15 is 0 Å². The van der Waals surface area contributed by atoms with Crippen LogP contribution in [0.1, 0.15) is 35.6 Å². The molecule has 1 aliphatic rings. The third-order valence-corrected chi connectivity index (χ3v) is 7.83. The highest BCUT2D eigenvalue weighted by molar-refractivity contribution is 7.95. The van der Waals surface area contributed by atoms with E-state index in [-0.39, 0.29) is 22.9 Å². The van der Waals surface area contributed by atoms with Crippen molar-refractivity contribution in [2.24, 2.45) is 10.9 Å². The molecule has 4 rings (SSSR count). The smallest absolute Gasteiger partial charge is 0.417 e. The highest BCUT2D eigenvalue weighted by Gasteiger charge is 2.45. The average molecular weight is 517 g/mol. The van der Waals surface area contributed by atoms with Gasteiger partial charge < -0.3 is 15.7 Å². The van der Waals surface area contributed by atoms with Crippen LogP contribution in [0.5, 0.6) is 0 Å². The molecule has 1 heterocycles. The molecule has 3 aromatic rings. The third-order valence-electron chi connectivity index (χ3n) is 5.91. The van der Waals surface area contributed by atoms with Crippen molar-refractivity contribution in [3.63, 3.8) is 0 Å². The van der Waals surface area contributed by atoms with Crippen molar-refractivity contribution in [2.45, 2.75) is 36.4 Å². The summed E-state index contributed by atoms with van der Waals surface area (Å²) in [6.45, 7) is 1.73. The number of halogens is 3. The predicted molar refractivity (Wildman–Crippen MR) is 129 cm³/mol. The Hall–Kier alpha value is -3.79. The quantitative estimate of drug-likeness (QED) is 0.199. The Morgan fingerprint density at radius 2 is 1.64 bits per heavy atom. The maximum absolute atomic E-state index is 13.7. The van der Waals surface area contributed by atoms with Gasteiger partial charge in [0.1, 0.15) is 11.4 Å². The molecule has 0 saturated carbocycles. The normalized spacial score (nSPS) is 18.8. The maximum Gasteiger partial charge on any atom is 0.417 e. The first-order chi connectivity index (χ1) is 16.9. The summed E-state index contributed by atoms with van der Waals surface area (Å²) in [5.41, 5.74) is 4.94. The number of nitrogens with two attached hydrogens (primary N) is 1. The minimum atomic E-state index is -4.86. The molecule has 1 unspecified atom stereocenters. The molecule has 6 nitrogen and oxygen atoms in total. The third kappa shape index (κ3) is 4.94. The largest absolute Gasteiger partial charge is 0.485 e. The van der Waals surface area contributed by atoms with Gasteiger partial charge in [0.15, 0.2) is 5.84 Å². The van der Waals surface area contributed by atoms with Crippen molar-refractivity contribution in [2.75, 3.05) is 0 Å². The average Bonchev–Trinajstić information content (AvgIpc) is 3.21. The van der Waals surface area contributed by atoms with E-state index < -0.39 is 32.1 Å². The van der Waals surface area contributed by atoms with E-state index in [0.717, 1.165) is 23.8 Å². The highest BCUT2D eigenvalue weighted by Crippen LogP contribution is 2.46. The van der Waals surface area contributed by atoms with E-state index in [9.17, 15) is 21.6 Å². The zero-order valence-corrected chi connectivity index (χ0v) is 20.0. The minimum absolute atomic E-state index is 0.0310. The summed E-state index contributed by atoms with van der Waals surface area (Å²) >= 11 is 0. The van der Waals surface area contributed by atoms with E-state index in [4.69, 9.17) is 15.7 Å². The van der Waals surface area contributed by atoms with Gasteiger partial charge in [-0.05, 0) is 24.6 Å². The van der Waals surface area contributed by atoms with Crippen LogP contribution >= 0.6 is 0 Å². The first-order valence-electron chi connectivity index (χ1n) is 10.9. The molecular weight excluding hydrogens is 493 g/mol. The van der Waals surface area contributed by atoms with Crippen molar-refractivity contribution in [3.8, 4) is 0 Å². The van der Waals surface area contributed by atoms with Crippen molar-refractivity contribution < 1.29 is 31.5 Å². The molecule has 0 bridgehead atoms. The number of ether oxygens (including phenoxy) is 1. The van der Waals surface area contributed by atoms with Gasteiger partial charge in [-0.1, -0.05) is 71.9 Å². The second-order valence-electron chi connectivity index (χ2n) is 8.70. The monoisotopic (exact) mass is 516 g/mol. The molecule has 10 heteroatoms. The Morgan fingerprint density at radius 1 is 1.03 bits per heavy atom. The number of hydrogen-bond donors (Lipinski definition) is 2. The molecule has 1 aliphatic heterocycles. The van der Waals surface area contributed by atoms with Crippen LogP contribution in [0.2, 0.25) is 0 Å². The Morgan fingerprint density at radius 3 is 2.25 bits per heavy atom. The van der Waals surface area contributed by atoms with Crippen molar-refractivity contribution in [3.05, 3.63) is 106 Å². The van der Waals surface area contributed by atoms with Crippen molar-refractivity contribution in [1.82, 2.24) is 0 Å². The molecule has 0 radical (unpaired) electrons. The van der Waals surface area contributed by atoms with Gasteiger partial charge in [-0.3, -0.25) is 0 Å². The molecule has 1 atom stereocenters. The number of benzene rings is 3. The van der Waals surface area contributed by atoms with E-state index in [2.05, 4.69) is 5.16 Å². The zero-order valence-electron chi connectivity index (χ0n) is 19.2. The van der Waals surface area contributed by atoms with Gasteiger partial charge in [0.25, 0.3) is 0 Å². The lowest BCUT2D eigenvalue weighted by molar-refractivity contribution is -0.139. The second kappa shape index (κ2) is 9.34. The fourth-order valence-corrected chi connectivity index (χ4v) is 6.14. The van der Waals surface area contributed by atoms with Gasteiger partial charge in [0, 0.05) is 24.0 Å². The van der Waals surface area contributed by atoms with Crippen LogP contribution in [0.4, 0.5) is 13.2 Å². The molecule has 0 fully saturated rings. The maximum atomic E-state index is 13.7. The Balaban J connectivity index is 1.85. The van der Waals surface area contributed by atoms with Crippen LogP contribution in [-0.4, -0.2) is 25.1 Å². The highest BCUT2D eigenvalue weighted by atomic mass is 32.2. The number of nitrogens with zero attached hydrogens (tertiary/aromatic N) is 1.